The average Bonchev–Trinajstić information content (AvgIpc) is 2.66. The Hall–Kier alpha value is -2.72. The highest BCUT2D eigenvalue weighted by molar-refractivity contribution is 7.91. The van der Waals surface area contributed by atoms with E-state index in [0.717, 1.165) is 42.9 Å². The first-order valence-electron chi connectivity index (χ1n) is 8.77. The van der Waals surface area contributed by atoms with Crippen molar-refractivity contribution in [1.82, 2.24) is 0 Å². The first-order chi connectivity index (χ1) is 12.9. The Kier molecular flexibility index (Phi) is 5.57. The third-order valence-corrected chi connectivity index (χ3v) is 6.72. The lowest BCUT2D eigenvalue weighted by Crippen LogP contribution is -2.16. The number of rotatable bonds is 5. The molecule has 1 atom stereocenters. The summed E-state index contributed by atoms with van der Waals surface area (Å²) in [5.41, 5.74) is 7.76. The summed E-state index contributed by atoms with van der Waals surface area (Å²) < 4.78 is 39.6. The third kappa shape index (κ3) is 4.01. The second kappa shape index (κ2) is 7.89. The maximum Gasteiger partial charge on any atom is 0.209 e. The fraction of sp³-hybridized carbons (Fsp3) is 0.300. The molecular weight excluding hydrogens is 365 g/mol. The van der Waals surface area contributed by atoms with Crippen LogP contribution in [-0.4, -0.2) is 14.3 Å². The van der Waals surface area contributed by atoms with Gasteiger partial charge in [-0.1, -0.05) is 18.2 Å². The predicted octanol–water partition coefficient (Wildman–Crippen LogP) is 3.70. The number of aryl methyl sites for hydroxylation is 1. The molecule has 2 aromatic rings. The van der Waals surface area contributed by atoms with Crippen molar-refractivity contribution < 1.29 is 12.8 Å². The zero-order valence-electron chi connectivity index (χ0n) is 14.7. The van der Waals surface area contributed by atoms with E-state index < -0.39 is 15.7 Å². The van der Waals surface area contributed by atoms with Gasteiger partial charge in [0.15, 0.2) is 0 Å². The minimum Gasteiger partial charge on any atom is -0.386 e. The largest absolute Gasteiger partial charge is 0.386 e. The average molecular weight is 385 g/mol. The number of nitrogens with two attached hydrogens (primary N) is 1. The fourth-order valence-electron chi connectivity index (χ4n) is 3.59. The standard InChI is InChI=1S/C20H20FN3O2S/c21-18-6-1-2-7-19(18)27(25,26)16-9-10-17-14(4-3-5-15(17)12-16)8-11-20(23)24-13-22/h1-2,6-7,9-10,12,14H,3-5,8,11H2,(H2,23,24)/t14-/m0/s1. The molecule has 2 aromatic carbocycles. The number of nitriles is 1. The van der Waals surface area contributed by atoms with E-state index in [0.29, 0.717) is 12.3 Å². The highest BCUT2D eigenvalue weighted by atomic mass is 32.2. The maximum atomic E-state index is 14.0. The maximum absolute atomic E-state index is 14.0. The third-order valence-electron chi connectivity index (χ3n) is 4.93. The van der Waals surface area contributed by atoms with Gasteiger partial charge >= 0.3 is 0 Å². The van der Waals surface area contributed by atoms with Crippen molar-refractivity contribution in [3.05, 3.63) is 59.4 Å². The molecule has 0 heterocycles. The molecule has 140 valence electrons. The van der Waals surface area contributed by atoms with Crippen molar-refractivity contribution >= 4 is 15.7 Å². The van der Waals surface area contributed by atoms with Crippen LogP contribution in [0.2, 0.25) is 0 Å². The van der Waals surface area contributed by atoms with E-state index >= 15 is 0 Å². The van der Waals surface area contributed by atoms with Crippen molar-refractivity contribution in [1.29, 1.82) is 5.26 Å². The number of hydrogen-bond donors (Lipinski definition) is 1. The van der Waals surface area contributed by atoms with Crippen LogP contribution in [0.15, 0.2) is 57.2 Å². The normalized spacial score (nSPS) is 17.2. The molecule has 2 N–H and O–H groups in total. The SMILES string of the molecule is N#CN=C(N)CC[C@@H]1CCCc2cc(S(=O)(=O)c3ccccc3F)ccc21. The second-order valence-electron chi connectivity index (χ2n) is 6.63. The molecule has 5 nitrogen and oxygen atoms in total. The van der Waals surface area contributed by atoms with Gasteiger partial charge < -0.3 is 5.73 Å². The molecule has 1 aliphatic carbocycles. The summed E-state index contributed by atoms with van der Waals surface area (Å²) >= 11 is 0. The van der Waals surface area contributed by atoms with Crippen molar-refractivity contribution in [2.75, 3.05) is 0 Å². The van der Waals surface area contributed by atoms with Gasteiger partial charge in [0.05, 0.1) is 4.90 Å². The van der Waals surface area contributed by atoms with Crippen LogP contribution in [0.4, 0.5) is 4.39 Å². The molecule has 3 rings (SSSR count). The van der Waals surface area contributed by atoms with Gasteiger partial charge in [0.25, 0.3) is 0 Å². The minimum absolute atomic E-state index is 0.109. The fourth-order valence-corrected chi connectivity index (χ4v) is 4.97. The van der Waals surface area contributed by atoms with E-state index in [-0.39, 0.29) is 15.7 Å². The molecular formula is C20H20FN3O2S. The van der Waals surface area contributed by atoms with Gasteiger partial charge in [-0.05, 0) is 67.0 Å². The predicted molar refractivity (Wildman–Crippen MR) is 100 cm³/mol. The quantitative estimate of drug-likeness (QED) is 0.482. The lowest BCUT2D eigenvalue weighted by atomic mass is 9.80. The Morgan fingerprint density at radius 3 is 2.81 bits per heavy atom. The van der Waals surface area contributed by atoms with E-state index in [9.17, 15) is 12.8 Å². The molecule has 0 saturated heterocycles. The van der Waals surface area contributed by atoms with Crippen LogP contribution < -0.4 is 5.73 Å². The molecule has 27 heavy (non-hydrogen) atoms. The van der Waals surface area contributed by atoms with E-state index in [2.05, 4.69) is 4.99 Å². The Balaban J connectivity index is 1.90. The Morgan fingerprint density at radius 2 is 2.07 bits per heavy atom. The Morgan fingerprint density at radius 1 is 1.30 bits per heavy atom. The van der Waals surface area contributed by atoms with Crippen molar-refractivity contribution in [2.45, 2.75) is 47.8 Å². The van der Waals surface area contributed by atoms with Crippen LogP contribution in [0, 0.1) is 17.3 Å². The zero-order chi connectivity index (χ0) is 19.4. The van der Waals surface area contributed by atoms with Crippen molar-refractivity contribution in [2.24, 2.45) is 10.7 Å². The van der Waals surface area contributed by atoms with E-state index in [1.807, 2.05) is 6.07 Å². The van der Waals surface area contributed by atoms with Crippen molar-refractivity contribution in [3.63, 3.8) is 0 Å². The summed E-state index contributed by atoms with van der Waals surface area (Å²) in [4.78, 5) is 3.34. The van der Waals surface area contributed by atoms with Gasteiger partial charge in [-0.25, -0.2) is 12.8 Å². The van der Waals surface area contributed by atoms with Gasteiger partial charge in [0.2, 0.25) is 16.0 Å². The molecule has 0 aromatic heterocycles. The number of nitrogens with zero attached hydrogens (tertiary/aromatic N) is 2. The van der Waals surface area contributed by atoms with Crippen LogP contribution in [0.5, 0.6) is 0 Å². The van der Waals surface area contributed by atoms with Gasteiger partial charge in [-0.3, -0.25) is 0 Å². The molecule has 0 radical (unpaired) electrons. The van der Waals surface area contributed by atoms with Gasteiger partial charge in [0.1, 0.15) is 16.5 Å². The van der Waals surface area contributed by atoms with Crippen LogP contribution in [0.1, 0.15) is 42.7 Å². The number of hydrogen-bond acceptors (Lipinski definition) is 4. The topological polar surface area (TPSA) is 96.3 Å². The molecule has 0 bridgehead atoms. The van der Waals surface area contributed by atoms with E-state index in [1.165, 1.54) is 18.2 Å². The monoisotopic (exact) mass is 385 g/mol. The van der Waals surface area contributed by atoms with E-state index in [1.54, 1.807) is 18.3 Å². The highest BCUT2D eigenvalue weighted by Crippen LogP contribution is 2.36. The zero-order valence-corrected chi connectivity index (χ0v) is 15.5. The smallest absolute Gasteiger partial charge is 0.209 e. The molecule has 0 unspecified atom stereocenters. The molecule has 7 heteroatoms. The van der Waals surface area contributed by atoms with Crippen LogP contribution >= 0.6 is 0 Å². The summed E-state index contributed by atoms with van der Waals surface area (Å²) in [7, 11) is -3.90. The number of aliphatic imine (C=N–C) groups is 1. The van der Waals surface area contributed by atoms with Crippen LogP contribution in [-0.2, 0) is 16.3 Å². The summed E-state index contributed by atoms with van der Waals surface area (Å²) in [5.74, 6) is -0.199. The number of fused-ring (bicyclic) bond motifs is 1. The number of benzene rings is 2. The minimum atomic E-state index is -3.90. The number of sulfone groups is 1. The first kappa shape index (κ1) is 19.1. The van der Waals surface area contributed by atoms with Crippen LogP contribution in [0.3, 0.4) is 0 Å². The first-order valence-corrected chi connectivity index (χ1v) is 10.3. The van der Waals surface area contributed by atoms with Crippen molar-refractivity contribution in [3.8, 4) is 6.19 Å². The molecule has 0 aliphatic heterocycles. The Bertz CT molecular complexity index is 1030. The number of halogens is 1. The summed E-state index contributed by atoms with van der Waals surface area (Å²) in [6.07, 6.45) is 5.66. The summed E-state index contributed by atoms with van der Waals surface area (Å²) in [6.45, 7) is 0. The summed E-state index contributed by atoms with van der Waals surface area (Å²) in [5, 5.41) is 8.55. The molecule has 0 amide bonds. The summed E-state index contributed by atoms with van der Waals surface area (Å²) in [6, 6.07) is 10.4. The second-order valence-corrected chi connectivity index (χ2v) is 8.54. The lowest BCUT2D eigenvalue weighted by molar-refractivity contribution is 0.527. The van der Waals surface area contributed by atoms with Gasteiger partial charge in [-0.2, -0.15) is 10.3 Å². The molecule has 0 spiro atoms. The Labute approximate surface area is 158 Å². The van der Waals surface area contributed by atoms with Gasteiger partial charge in [0, 0.05) is 6.42 Å². The highest BCUT2D eigenvalue weighted by Gasteiger charge is 2.25. The molecule has 0 saturated carbocycles. The molecule has 0 fully saturated rings. The van der Waals surface area contributed by atoms with Gasteiger partial charge in [-0.15, -0.1) is 0 Å². The van der Waals surface area contributed by atoms with Crippen LogP contribution in [0.25, 0.3) is 0 Å². The van der Waals surface area contributed by atoms with E-state index in [4.69, 9.17) is 11.0 Å². The number of amidine groups is 1. The molecule has 1 aliphatic rings. The lowest BCUT2D eigenvalue weighted by Gasteiger charge is -2.26.